The van der Waals surface area contributed by atoms with Crippen LogP contribution in [0.5, 0.6) is 0 Å². The van der Waals surface area contributed by atoms with Crippen molar-refractivity contribution in [3.63, 3.8) is 0 Å². The van der Waals surface area contributed by atoms with Gasteiger partial charge >= 0.3 is 5.97 Å². The molecule has 0 radical (unpaired) electrons. The monoisotopic (exact) mass is 410 g/mol. The van der Waals surface area contributed by atoms with E-state index in [-0.39, 0.29) is 13.0 Å². The van der Waals surface area contributed by atoms with Crippen molar-refractivity contribution in [2.45, 2.75) is 32.4 Å². The number of hydrogen-bond acceptors (Lipinski definition) is 4. The average molecular weight is 411 g/mol. The van der Waals surface area contributed by atoms with Crippen molar-refractivity contribution in [2.75, 3.05) is 6.54 Å². The zero-order valence-corrected chi connectivity index (χ0v) is 15.5. The minimum atomic E-state index is -1.50. The highest BCUT2D eigenvalue weighted by molar-refractivity contribution is 9.10. The van der Waals surface area contributed by atoms with E-state index in [0.29, 0.717) is 0 Å². The van der Waals surface area contributed by atoms with Gasteiger partial charge in [0.15, 0.2) is 11.7 Å². The number of carbonyl (C=O) groups excluding carboxylic acids is 3. The summed E-state index contributed by atoms with van der Waals surface area (Å²) in [5, 5.41) is 10.8. The highest BCUT2D eigenvalue weighted by Gasteiger charge is 2.48. The van der Waals surface area contributed by atoms with E-state index in [2.05, 4.69) is 21.2 Å². The van der Waals surface area contributed by atoms with Crippen molar-refractivity contribution < 1.29 is 24.3 Å². The first-order chi connectivity index (χ1) is 11.6. The molecule has 0 aliphatic carbocycles. The first-order valence-electron chi connectivity index (χ1n) is 7.70. The van der Waals surface area contributed by atoms with Gasteiger partial charge in [0, 0.05) is 23.0 Å². The van der Waals surface area contributed by atoms with Gasteiger partial charge < -0.3 is 15.3 Å². The summed E-state index contributed by atoms with van der Waals surface area (Å²) in [5.41, 5.74) is 0.133. The number of piperidine rings is 1. The van der Waals surface area contributed by atoms with Crippen LogP contribution in [0, 0.1) is 5.92 Å². The molecule has 1 atom stereocenters. The second kappa shape index (κ2) is 7.35. The Kier molecular flexibility index (Phi) is 5.62. The van der Waals surface area contributed by atoms with E-state index in [1.165, 1.54) is 4.90 Å². The molecule has 25 heavy (non-hydrogen) atoms. The minimum absolute atomic E-state index is 0.0282. The summed E-state index contributed by atoms with van der Waals surface area (Å²) in [6, 6.07) is 7.39. The number of hydrogen-bond donors (Lipinski definition) is 2. The molecule has 134 valence electrons. The summed E-state index contributed by atoms with van der Waals surface area (Å²) in [6.07, 6.45) is 0.0282. The van der Waals surface area contributed by atoms with E-state index in [1.807, 2.05) is 24.3 Å². The summed E-state index contributed by atoms with van der Waals surface area (Å²) in [6.45, 7) is 3.17. The molecule has 1 aromatic carbocycles. The van der Waals surface area contributed by atoms with Crippen molar-refractivity contribution >= 4 is 39.5 Å². The topological polar surface area (TPSA) is 104 Å². The van der Waals surface area contributed by atoms with Crippen molar-refractivity contribution in [1.29, 1.82) is 0 Å². The Hall–Kier alpha value is -2.22. The Morgan fingerprint density at radius 1 is 1.28 bits per heavy atom. The van der Waals surface area contributed by atoms with Crippen LogP contribution >= 0.6 is 15.9 Å². The van der Waals surface area contributed by atoms with Gasteiger partial charge in [-0.1, -0.05) is 28.1 Å². The standard InChI is InChI=1S/C17H19BrN2O5/c1-17(2)7-12(21)14(15(24)19-8-13(22)23)16(25)20(17)9-10-3-5-11(18)6-4-10/h3-6,14H,7-9H2,1-2H3,(H,19,24)(H,22,23). The lowest BCUT2D eigenvalue weighted by atomic mass is 9.82. The number of halogens is 1. The van der Waals surface area contributed by atoms with E-state index in [1.54, 1.807) is 13.8 Å². The van der Waals surface area contributed by atoms with E-state index >= 15 is 0 Å². The number of carbonyl (C=O) groups is 4. The Morgan fingerprint density at radius 2 is 1.88 bits per heavy atom. The van der Waals surface area contributed by atoms with Crippen LogP contribution < -0.4 is 5.32 Å². The van der Waals surface area contributed by atoms with Crippen LogP contribution in [-0.4, -0.2) is 45.7 Å². The molecule has 1 unspecified atom stereocenters. The van der Waals surface area contributed by atoms with Gasteiger partial charge in [0.1, 0.15) is 6.54 Å². The molecule has 1 aliphatic rings. The number of Topliss-reactive ketones (excluding diaryl/α,β-unsaturated/α-hetero) is 1. The number of nitrogens with zero attached hydrogens (tertiary/aromatic N) is 1. The molecule has 1 fully saturated rings. The largest absolute Gasteiger partial charge is 0.480 e. The fraction of sp³-hybridized carbons (Fsp3) is 0.412. The van der Waals surface area contributed by atoms with Crippen molar-refractivity contribution in [3.05, 3.63) is 34.3 Å². The molecule has 2 rings (SSSR count). The highest BCUT2D eigenvalue weighted by Crippen LogP contribution is 2.31. The van der Waals surface area contributed by atoms with Crippen molar-refractivity contribution in [1.82, 2.24) is 10.2 Å². The predicted octanol–water partition coefficient (Wildman–Crippen LogP) is 1.35. The molecule has 1 heterocycles. The third-order valence-corrected chi connectivity index (χ3v) is 4.63. The lowest BCUT2D eigenvalue weighted by molar-refractivity contribution is -0.158. The van der Waals surface area contributed by atoms with Gasteiger partial charge in [-0.15, -0.1) is 0 Å². The molecule has 2 N–H and O–H groups in total. The number of amides is 2. The summed E-state index contributed by atoms with van der Waals surface area (Å²) >= 11 is 3.34. The van der Waals surface area contributed by atoms with Crippen LogP contribution in [0.4, 0.5) is 0 Å². The number of nitrogens with one attached hydrogen (secondary N) is 1. The summed E-state index contributed by atoms with van der Waals surface area (Å²) in [4.78, 5) is 49.3. The number of carboxylic acids is 1. The maximum absolute atomic E-state index is 12.8. The molecular weight excluding hydrogens is 392 g/mol. The van der Waals surface area contributed by atoms with Crippen molar-refractivity contribution in [3.8, 4) is 0 Å². The van der Waals surface area contributed by atoms with Gasteiger partial charge in [-0.05, 0) is 31.5 Å². The molecule has 0 spiro atoms. The molecule has 1 saturated heterocycles. The summed E-state index contributed by atoms with van der Waals surface area (Å²) in [5.74, 6) is -4.70. The van der Waals surface area contributed by atoms with E-state index in [9.17, 15) is 19.2 Å². The second-order valence-electron chi connectivity index (χ2n) is 6.55. The minimum Gasteiger partial charge on any atom is -0.480 e. The van der Waals surface area contributed by atoms with Crippen LogP contribution in [0.15, 0.2) is 28.7 Å². The van der Waals surface area contributed by atoms with Crippen LogP contribution in [0.3, 0.4) is 0 Å². The first kappa shape index (κ1) is 19.1. The number of benzene rings is 1. The van der Waals surface area contributed by atoms with Gasteiger partial charge in [0.2, 0.25) is 11.8 Å². The fourth-order valence-electron chi connectivity index (χ4n) is 2.80. The molecule has 2 amide bonds. The third kappa shape index (κ3) is 4.45. The normalized spacial score (nSPS) is 19.6. The van der Waals surface area contributed by atoms with Crippen LogP contribution in [0.1, 0.15) is 25.8 Å². The number of ketones is 1. The average Bonchev–Trinajstić information content (AvgIpc) is 2.50. The molecule has 1 aliphatic heterocycles. The summed E-state index contributed by atoms with van der Waals surface area (Å²) < 4.78 is 0.904. The predicted molar refractivity (Wildman–Crippen MR) is 92.5 cm³/mol. The van der Waals surface area contributed by atoms with Gasteiger partial charge in [-0.2, -0.15) is 0 Å². The fourth-order valence-corrected chi connectivity index (χ4v) is 3.07. The quantitative estimate of drug-likeness (QED) is 0.712. The Bertz CT molecular complexity index is 714. The van der Waals surface area contributed by atoms with Crippen LogP contribution in [0.2, 0.25) is 0 Å². The van der Waals surface area contributed by atoms with Crippen molar-refractivity contribution in [2.24, 2.45) is 5.92 Å². The van der Waals surface area contributed by atoms with E-state index < -0.39 is 41.6 Å². The lowest BCUT2D eigenvalue weighted by Gasteiger charge is -2.44. The zero-order chi connectivity index (χ0) is 18.8. The van der Waals surface area contributed by atoms with Crippen LogP contribution in [-0.2, 0) is 25.7 Å². The number of rotatable bonds is 5. The molecule has 8 heteroatoms. The van der Waals surface area contributed by atoms with Gasteiger partial charge in [0.25, 0.3) is 0 Å². The lowest BCUT2D eigenvalue weighted by Crippen LogP contribution is -2.60. The number of aliphatic carboxylic acids is 1. The molecule has 0 saturated carbocycles. The molecular formula is C17H19BrN2O5. The number of carboxylic acid groups (broad SMARTS) is 1. The molecule has 7 nitrogen and oxygen atoms in total. The Morgan fingerprint density at radius 3 is 2.44 bits per heavy atom. The Balaban J connectivity index is 2.23. The van der Waals surface area contributed by atoms with Crippen LogP contribution in [0.25, 0.3) is 0 Å². The van der Waals surface area contributed by atoms with Gasteiger partial charge in [-0.25, -0.2) is 0 Å². The Labute approximate surface area is 153 Å². The summed E-state index contributed by atoms with van der Waals surface area (Å²) in [7, 11) is 0. The van der Waals surface area contributed by atoms with Gasteiger partial charge in [0.05, 0.1) is 0 Å². The number of likely N-dealkylation sites (tertiary alicyclic amines) is 1. The smallest absolute Gasteiger partial charge is 0.322 e. The van der Waals surface area contributed by atoms with Gasteiger partial charge in [-0.3, -0.25) is 19.2 Å². The zero-order valence-electron chi connectivity index (χ0n) is 13.9. The second-order valence-corrected chi connectivity index (χ2v) is 7.47. The highest BCUT2D eigenvalue weighted by atomic mass is 79.9. The third-order valence-electron chi connectivity index (χ3n) is 4.10. The SMILES string of the molecule is CC1(C)CC(=O)C(C(=O)NCC(=O)O)C(=O)N1Cc1ccc(Br)cc1. The first-order valence-corrected chi connectivity index (χ1v) is 8.49. The molecule has 1 aromatic rings. The molecule has 0 aromatic heterocycles. The maximum Gasteiger partial charge on any atom is 0.322 e. The van der Waals surface area contributed by atoms with E-state index in [4.69, 9.17) is 5.11 Å². The maximum atomic E-state index is 12.8. The molecule has 0 bridgehead atoms. The van der Waals surface area contributed by atoms with E-state index in [0.717, 1.165) is 10.0 Å².